The van der Waals surface area contributed by atoms with Gasteiger partial charge in [-0.05, 0) is 17.7 Å². The molecule has 2 aromatic heterocycles. The summed E-state index contributed by atoms with van der Waals surface area (Å²) in [6, 6.07) is 4.13. The Morgan fingerprint density at radius 1 is 1.40 bits per heavy atom. The Balaban J connectivity index is 2.62. The third kappa shape index (κ3) is 1.75. The summed E-state index contributed by atoms with van der Waals surface area (Å²) in [7, 11) is 0. The van der Waals surface area contributed by atoms with Gasteiger partial charge in [0.2, 0.25) is 0 Å². The maximum Gasteiger partial charge on any atom is 0.118 e. The number of hydrogen-bond donors (Lipinski definition) is 1. The first kappa shape index (κ1) is 10.2. The number of nitrogens with two attached hydrogens (primary N) is 1. The van der Waals surface area contributed by atoms with E-state index >= 15 is 0 Å². The van der Waals surface area contributed by atoms with Gasteiger partial charge in [0.1, 0.15) is 5.82 Å². The lowest BCUT2D eigenvalue weighted by Gasteiger charge is -2.16. The highest BCUT2D eigenvalue weighted by Crippen LogP contribution is 2.22. The van der Waals surface area contributed by atoms with Gasteiger partial charge in [-0.25, -0.2) is 4.98 Å². The fourth-order valence-electron chi connectivity index (χ4n) is 1.73. The predicted octanol–water partition coefficient (Wildman–Crippen LogP) is 2.09. The molecule has 3 heteroatoms. The second-order valence-corrected chi connectivity index (χ2v) is 4.87. The van der Waals surface area contributed by atoms with E-state index in [0.29, 0.717) is 6.54 Å². The molecule has 0 atom stereocenters. The summed E-state index contributed by atoms with van der Waals surface area (Å²) in [5, 5.41) is 0. The summed E-state index contributed by atoms with van der Waals surface area (Å²) in [6.45, 7) is 7.07. The maximum absolute atomic E-state index is 5.60. The van der Waals surface area contributed by atoms with E-state index in [2.05, 4.69) is 36.2 Å². The van der Waals surface area contributed by atoms with Gasteiger partial charge in [-0.3, -0.25) is 0 Å². The normalized spacial score (nSPS) is 12.3. The largest absolute Gasteiger partial charge is 0.326 e. The van der Waals surface area contributed by atoms with Crippen molar-refractivity contribution in [2.75, 3.05) is 0 Å². The Labute approximate surface area is 89.9 Å². The Hall–Kier alpha value is -1.35. The smallest absolute Gasteiger partial charge is 0.118 e. The molecule has 0 aliphatic heterocycles. The molecule has 0 saturated carbocycles. The van der Waals surface area contributed by atoms with Gasteiger partial charge in [0.15, 0.2) is 0 Å². The van der Waals surface area contributed by atoms with Crippen LogP contribution < -0.4 is 5.73 Å². The number of nitrogens with zero attached hydrogens (tertiary/aromatic N) is 2. The molecule has 0 spiro atoms. The lowest BCUT2D eigenvalue weighted by molar-refractivity contribution is 0.543. The van der Waals surface area contributed by atoms with E-state index in [1.807, 2.05) is 18.5 Å². The number of pyridine rings is 1. The van der Waals surface area contributed by atoms with Crippen LogP contribution >= 0.6 is 0 Å². The molecular weight excluding hydrogens is 186 g/mol. The number of fused-ring (bicyclic) bond motifs is 1. The van der Waals surface area contributed by atoms with E-state index in [0.717, 1.165) is 16.9 Å². The summed E-state index contributed by atoms with van der Waals surface area (Å²) in [5.74, 6) is 1.08. The molecule has 0 fully saturated rings. The van der Waals surface area contributed by atoms with Crippen LogP contribution in [0.25, 0.3) is 5.52 Å². The average Bonchev–Trinajstić information content (AvgIpc) is 2.59. The zero-order valence-corrected chi connectivity index (χ0v) is 9.49. The lowest BCUT2D eigenvalue weighted by atomic mass is 9.96. The number of hydrogen-bond acceptors (Lipinski definition) is 2. The highest BCUT2D eigenvalue weighted by atomic mass is 15.0. The SMILES string of the molecule is CC(C)(C)c1ncc2cc(CN)ccn12. The molecule has 2 aromatic rings. The Kier molecular flexibility index (Phi) is 2.27. The van der Waals surface area contributed by atoms with Crippen LogP contribution in [0.5, 0.6) is 0 Å². The fourth-order valence-corrected chi connectivity index (χ4v) is 1.73. The predicted molar refractivity (Wildman–Crippen MR) is 61.8 cm³/mol. The fraction of sp³-hybridized carbons (Fsp3) is 0.417. The standard InChI is InChI=1S/C12H17N3/c1-12(2,3)11-14-8-10-6-9(7-13)4-5-15(10)11/h4-6,8H,7,13H2,1-3H3. The van der Waals surface area contributed by atoms with E-state index in [1.165, 1.54) is 0 Å². The van der Waals surface area contributed by atoms with Crippen LogP contribution in [0.1, 0.15) is 32.2 Å². The zero-order chi connectivity index (χ0) is 11.1. The van der Waals surface area contributed by atoms with Crippen molar-refractivity contribution in [3.8, 4) is 0 Å². The average molecular weight is 203 g/mol. The minimum atomic E-state index is 0.0661. The van der Waals surface area contributed by atoms with Crippen LogP contribution in [0, 0.1) is 0 Å². The van der Waals surface area contributed by atoms with Crippen molar-refractivity contribution >= 4 is 5.52 Å². The van der Waals surface area contributed by atoms with Crippen molar-refractivity contribution in [2.45, 2.75) is 32.7 Å². The molecule has 0 radical (unpaired) electrons. The molecule has 15 heavy (non-hydrogen) atoms. The van der Waals surface area contributed by atoms with Gasteiger partial charge < -0.3 is 10.1 Å². The van der Waals surface area contributed by atoms with Gasteiger partial charge in [-0.2, -0.15) is 0 Å². The van der Waals surface area contributed by atoms with Crippen molar-refractivity contribution in [1.82, 2.24) is 9.38 Å². The Morgan fingerprint density at radius 2 is 2.13 bits per heavy atom. The Bertz CT molecular complexity index is 477. The van der Waals surface area contributed by atoms with Crippen molar-refractivity contribution in [2.24, 2.45) is 5.73 Å². The van der Waals surface area contributed by atoms with Gasteiger partial charge >= 0.3 is 0 Å². The summed E-state index contributed by atoms with van der Waals surface area (Å²) < 4.78 is 2.12. The minimum absolute atomic E-state index is 0.0661. The van der Waals surface area contributed by atoms with E-state index in [-0.39, 0.29) is 5.41 Å². The highest BCUT2D eigenvalue weighted by molar-refractivity contribution is 5.49. The molecule has 0 amide bonds. The molecule has 2 rings (SSSR count). The molecule has 2 N–H and O–H groups in total. The van der Waals surface area contributed by atoms with Crippen LogP contribution in [-0.2, 0) is 12.0 Å². The number of aromatic nitrogens is 2. The van der Waals surface area contributed by atoms with E-state index in [4.69, 9.17) is 5.73 Å². The molecule has 0 aromatic carbocycles. The lowest BCUT2D eigenvalue weighted by Crippen LogP contribution is -2.15. The van der Waals surface area contributed by atoms with E-state index in [9.17, 15) is 0 Å². The van der Waals surface area contributed by atoms with Crippen LogP contribution in [0.2, 0.25) is 0 Å². The van der Waals surface area contributed by atoms with Gasteiger partial charge in [-0.15, -0.1) is 0 Å². The molecule has 0 aliphatic rings. The molecule has 0 unspecified atom stereocenters. The molecule has 2 heterocycles. The second kappa shape index (κ2) is 3.35. The monoisotopic (exact) mass is 203 g/mol. The van der Waals surface area contributed by atoms with Crippen LogP contribution in [0.4, 0.5) is 0 Å². The number of imidazole rings is 1. The first-order chi connectivity index (χ1) is 7.02. The third-order valence-corrected chi connectivity index (χ3v) is 2.50. The first-order valence-corrected chi connectivity index (χ1v) is 5.19. The van der Waals surface area contributed by atoms with Crippen molar-refractivity contribution in [3.05, 3.63) is 35.9 Å². The van der Waals surface area contributed by atoms with Crippen molar-refractivity contribution in [3.63, 3.8) is 0 Å². The quantitative estimate of drug-likeness (QED) is 0.771. The van der Waals surface area contributed by atoms with Gasteiger partial charge in [0.25, 0.3) is 0 Å². The summed E-state index contributed by atoms with van der Waals surface area (Å²) in [4.78, 5) is 4.46. The van der Waals surface area contributed by atoms with Crippen molar-refractivity contribution < 1.29 is 0 Å². The van der Waals surface area contributed by atoms with Crippen LogP contribution in [0.15, 0.2) is 24.5 Å². The number of rotatable bonds is 1. The van der Waals surface area contributed by atoms with Crippen LogP contribution in [0.3, 0.4) is 0 Å². The maximum atomic E-state index is 5.60. The van der Waals surface area contributed by atoms with Crippen LogP contribution in [-0.4, -0.2) is 9.38 Å². The van der Waals surface area contributed by atoms with Gasteiger partial charge in [0.05, 0.1) is 11.7 Å². The second-order valence-electron chi connectivity index (χ2n) is 4.87. The Morgan fingerprint density at radius 3 is 2.73 bits per heavy atom. The van der Waals surface area contributed by atoms with E-state index < -0.39 is 0 Å². The van der Waals surface area contributed by atoms with E-state index in [1.54, 1.807) is 0 Å². The summed E-state index contributed by atoms with van der Waals surface area (Å²) in [6.07, 6.45) is 3.95. The third-order valence-electron chi connectivity index (χ3n) is 2.50. The zero-order valence-electron chi connectivity index (χ0n) is 9.49. The molecule has 0 aliphatic carbocycles. The molecular formula is C12H17N3. The molecule has 80 valence electrons. The molecule has 0 bridgehead atoms. The summed E-state index contributed by atoms with van der Waals surface area (Å²) in [5.41, 5.74) is 7.93. The van der Waals surface area contributed by atoms with Crippen molar-refractivity contribution in [1.29, 1.82) is 0 Å². The van der Waals surface area contributed by atoms with Gasteiger partial charge in [0, 0.05) is 18.2 Å². The summed E-state index contributed by atoms with van der Waals surface area (Å²) >= 11 is 0. The minimum Gasteiger partial charge on any atom is -0.326 e. The van der Waals surface area contributed by atoms with Gasteiger partial charge in [-0.1, -0.05) is 20.8 Å². The first-order valence-electron chi connectivity index (χ1n) is 5.19. The highest BCUT2D eigenvalue weighted by Gasteiger charge is 2.19. The topological polar surface area (TPSA) is 43.3 Å². The molecule has 0 saturated heterocycles. The molecule has 3 nitrogen and oxygen atoms in total.